The summed E-state index contributed by atoms with van der Waals surface area (Å²) in [7, 11) is 0. The van der Waals surface area contributed by atoms with E-state index in [1.54, 1.807) is 30.6 Å². The van der Waals surface area contributed by atoms with Crippen molar-refractivity contribution >= 4 is 40.4 Å². The number of oxazole rings is 1. The van der Waals surface area contributed by atoms with Crippen LogP contribution in [0.3, 0.4) is 0 Å². The molecule has 1 saturated heterocycles. The van der Waals surface area contributed by atoms with E-state index in [9.17, 15) is 0 Å². The van der Waals surface area contributed by atoms with Crippen LogP contribution in [0.25, 0.3) is 11.1 Å². The topological polar surface area (TPSA) is 85.5 Å². The van der Waals surface area contributed by atoms with Gasteiger partial charge in [-0.25, -0.2) is 4.98 Å². The minimum Gasteiger partial charge on any atom is -0.490 e. The zero-order valence-corrected chi connectivity index (χ0v) is 19.0. The minimum atomic E-state index is 0.0283. The van der Waals surface area contributed by atoms with Crippen LogP contribution in [0.15, 0.2) is 59.3 Å². The third kappa shape index (κ3) is 4.96. The predicted octanol–water partition coefficient (Wildman–Crippen LogP) is 5.46. The monoisotopic (exact) mass is 465 g/mol. The molecule has 8 nitrogen and oxygen atoms in total. The minimum absolute atomic E-state index is 0.0283. The van der Waals surface area contributed by atoms with E-state index in [0.29, 0.717) is 41.1 Å². The molecule has 0 bridgehead atoms. The van der Waals surface area contributed by atoms with E-state index in [-0.39, 0.29) is 6.10 Å². The van der Waals surface area contributed by atoms with Gasteiger partial charge in [-0.1, -0.05) is 23.7 Å². The van der Waals surface area contributed by atoms with Gasteiger partial charge in [0.2, 0.25) is 0 Å². The first kappa shape index (κ1) is 21.3. The van der Waals surface area contributed by atoms with E-state index >= 15 is 0 Å². The molecule has 1 fully saturated rings. The first-order valence-corrected chi connectivity index (χ1v) is 11.3. The number of anilines is 3. The third-order valence-corrected chi connectivity index (χ3v) is 5.59. The van der Waals surface area contributed by atoms with Gasteiger partial charge in [0.05, 0.1) is 25.5 Å². The molecule has 9 heteroatoms. The molecule has 1 aliphatic rings. The highest BCUT2D eigenvalue weighted by Crippen LogP contribution is 2.30. The van der Waals surface area contributed by atoms with Crippen molar-refractivity contribution in [2.75, 3.05) is 29.9 Å². The number of hydrogen-bond donors (Lipinski definition) is 1. The molecule has 1 atom stereocenters. The molecule has 0 saturated carbocycles. The fraction of sp³-hybridized carbons (Fsp3) is 0.292. The Morgan fingerprint density at radius 1 is 1.15 bits per heavy atom. The lowest BCUT2D eigenvalue weighted by molar-refractivity contribution is 0.170. The van der Waals surface area contributed by atoms with Crippen molar-refractivity contribution in [3.63, 3.8) is 0 Å². The number of benzene rings is 2. The molecule has 0 amide bonds. The number of piperidine rings is 1. The van der Waals surface area contributed by atoms with Gasteiger partial charge in [0.25, 0.3) is 0 Å². The molecule has 33 heavy (non-hydrogen) atoms. The second-order valence-corrected chi connectivity index (χ2v) is 8.16. The molecule has 0 radical (unpaired) electrons. The van der Waals surface area contributed by atoms with Crippen molar-refractivity contribution in [3.05, 3.63) is 59.9 Å². The van der Waals surface area contributed by atoms with E-state index in [4.69, 9.17) is 30.5 Å². The molecule has 0 spiro atoms. The highest BCUT2D eigenvalue weighted by molar-refractivity contribution is 6.31. The molecule has 1 aliphatic heterocycles. The molecule has 170 valence electrons. The number of ether oxygens (including phenoxy) is 2. The van der Waals surface area contributed by atoms with Crippen molar-refractivity contribution in [2.45, 2.75) is 25.9 Å². The highest BCUT2D eigenvalue weighted by atomic mass is 35.5. The first-order chi connectivity index (χ1) is 16.2. The standard InChI is InChI=1S/C24H24ClN5O3/c1-2-31-20-7-3-4-8-21(20)32-17-6-5-11-30(15-17)23-14-26-13-22(28-23)29-24-27-18-12-16(25)9-10-19(18)33-24/h3-4,7-10,12-14,17H,2,5-6,11,15H2,1H3,(H,27,28,29)/t17-/m1/s1. The van der Waals surface area contributed by atoms with Gasteiger partial charge < -0.3 is 18.8 Å². The Labute approximate surface area is 196 Å². The number of aromatic nitrogens is 3. The van der Waals surface area contributed by atoms with Gasteiger partial charge in [-0.3, -0.25) is 10.3 Å². The SMILES string of the molecule is CCOc1ccccc1O[C@@H]1CCCN(c2cncc(Nc3nc4cc(Cl)ccc4o3)n2)C1. The Kier molecular flexibility index (Phi) is 6.17. The molecule has 0 aliphatic carbocycles. The second kappa shape index (κ2) is 9.54. The molecular formula is C24H24ClN5O3. The molecule has 0 unspecified atom stereocenters. The Morgan fingerprint density at radius 3 is 2.91 bits per heavy atom. The Bertz CT molecular complexity index is 1250. The zero-order valence-electron chi connectivity index (χ0n) is 18.2. The summed E-state index contributed by atoms with van der Waals surface area (Å²) < 4.78 is 17.7. The number of rotatable bonds is 7. The lowest BCUT2D eigenvalue weighted by atomic mass is 10.1. The Morgan fingerprint density at radius 2 is 2.03 bits per heavy atom. The van der Waals surface area contributed by atoms with E-state index in [2.05, 4.69) is 20.2 Å². The van der Waals surface area contributed by atoms with Gasteiger partial charge in [-0.05, 0) is 50.1 Å². The van der Waals surface area contributed by atoms with Gasteiger partial charge in [0.15, 0.2) is 22.9 Å². The lowest BCUT2D eigenvalue weighted by Gasteiger charge is -2.33. The summed E-state index contributed by atoms with van der Waals surface area (Å²) in [5, 5.41) is 3.70. The van der Waals surface area contributed by atoms with Crippen LogP contribution in [-0.4, -0.2) is 40.8 Å². The molecule has 4 aromatic rings. The van der Waals surface area contributed by atoms with Crippen LogP contribution < -0.4 is 19.7 Å². The van der Waals surface area contributed by atoms with Gasteiger partial charge in [-0.15, -0.1) is 0 Å². The van der Waals surface area contributed by atoms with Gasteiger partial charge in [0, 0.05) is 11.6 Å². The number of para-hydroxylation sites is 2. The van der Waals surface area contributed by atoms with Crippen LogP contribution in [0.1, 0.15) is 19.8 Å². The number of nitrogens with zero attached hydrogens (tertiary/aromatic N) is 4. The summed E-state index contributed by atoms with van der Waals surface area (Å²) in [6.07, 6.45) is 5.39. The fourth-order valence-corrected chi connectivity index (χ4v) is 4.04. The van der Waals surface area contributed by atoms with Gasteiger partial charge in [-0.2, -0.15) is 4.98 Å². The average Bonchev–Trinajstić information content (AvgIpc) is 3.22. The Balaban J connectivity index is 1.29. The maximum atomic E-state index is 6.29. The highest BCUT2D eigenvalue weighted by Gasteiger charge is 2.24. The van der Waals surface area contributed by atoms with Gasteiger partial charge in [0.1, 0.15) is 17.4 Å². The normalized spacial score (nSPS) is 16.1. The molecule has 2 aromatic heterocycles. The molecule has 3 heterocycles. The van der Waals surface area contributed by atoms with Crippen LogP contribution in [0.4, 0.5) is 17.7 Å². The molecule has 1 N–H and O–H groups in total. The van der Waals surface area contributed by atoms with Crippen LogP contribution in [0.2, 0.25) is 5.02 Å². The van der Waals surface area contributed by atoms with Crippen LogP contribution in [-0.2, 0) is 0 Å². The fourth-order valence-electron chi connectivity index (χ4n) is 3.88. The molecular weight excluding hydrogens is 442 g/mol. The summed E-state index contributed by atoms with van der Waals surface area (Å²) in [6, 6.07) is 13.4. The van der Waals surface area contributed by atoms with Crippen molar-refractivity contribution in [2.24, 2.45) is 0 Å². The van der Waals surface area contributed by atoms with E-state index in [1.807, 2.05) is 31.2 Å². The number of hydrogen-bond acceptors (Lipinski definition) is 8. The summed E-state index contributed by atoms with van der Waals surface area (Å²) >= 11 is 6.03. The van der Waals surface area contributed by atoms with Gasteiger partial charge >= 0.3 is 6.01 Å². The van der Waals surface area contributed by atoms with Crippen LogP contribution >= 0.6 is 11.6 Å². The summed E-state index contributed by atoms with van der Waals surface area (Å²) in [4.78, 5) is 15.7. The average molecular weight is 466 g/mol. The maximum absolute atomic E-state index is 6.29. The van der Waals surface area contributed by atoms with E-state index < -0.39 is 0 Å². The predicted molar refractivity (Wildman–Crippen MR) is 128 cm³/mol. The Hall–Kier alpha value is -3.52. The third-order valence-electron chi connectivity index (χ3n) is 5.35. The molecule has 5 rings (SSSR count). The largest absolute Gasteiger partial charge is 0.490 e. The van der Waals surface area contributed by atoms with E-state index in [0.717, 1.165) is 36.7 Å². The summed E-state index contributed by atoms with van der Waals surface area (Å²) in [5.74, 6) is 2.85. The number of halogens is 1. The lowest BCUT2D eigenvalue weighted by Crippen LogP contribution is -2.41. The summed E-state index contributed by atoms with van der Waals surface area (Å²) in [6.45, 7) is 4.15. The number of fused-ring (bicyclic) bond motifs is 1. The second-order valence-electron chi connectivity index (χ2n) is 7.73. The van der Waals surface area contributed by atoms with Crippen molar-refractivity contribution in [1.82, 2.24) is 15.0 Å². The van der Waals surface area contributed by atoms with Crippen molar-refractivity contribution in [3.8, 4) is 11.5 Å². The zero-order chi connectivity index (χ0) is 22.6. The quantitative estimate of drug-likeness (QED) is 0.385. The van der Waals surface area contributed by atoms with Crippen molar-refractivity contribution < 1.29 is 13.9 Å². The van der Waals surface area contributed by atoms with Crippen molar-refractivity contribution in [1.29, 1.82) is 0 Å². The summed E-state index contributed by atoms with van der Waals surface area (Å²) in [5.41, 5.74) is 1.33. The number of nitrogens with one attached hydrogen (secondary N) is 1. The first-order valence-electron chi connectivity index (χ1n) is 11.0. The van der Waals surface area contributed by atoms with E-state index in [1.165, 1.54) is 0 Å². The maximum Gasteiger partial charge on any atom is 0.301 e. The van der Waals surface area contributed by atoms with Crippen LogP contribution in [0, 0.1) is 0 Å². The smallest absolute Gasteiger partial charge is 0.301 e. The van der Waals surface area contributed by atoms with Crippen LogP contribution in [0.5, 0.6) is 11.5 Å². The molecule has 2 aromatic carbocycles.